The van der Waals surface area contributed by atoms with E-state index < -0.39 is 5.82 Å². The van der Waals surface area contributed by atoms with Crippen LogP contribution in [0.15, 0.2) is 42.5 Å². The predicted octanol–water partition coefficient (Wildman–Crippen LogP) is 3.95. The zero-order chi connectivity index (χ0) is 16.1. The smallest absolute Gasteiger partial charge is 0.273 e. The summed E-state index contributed by atoms with van der Waals surface area (Å²) in [6.45, 7) is 6.13. The van der Waals surface area contributed by atoms with Crippen molar-refractivity contribution in [2.45, 2.75) is 26.2 Å². The van der Waals surface area contributed by atoms with Crippen molar-refractivity contribution in [3.05, 3.63) is 70.2 Å². The van der Waals surface area contributed by atoms with E-state index in [-0.39, 0.29) is 16.9 Å². The summed E-state index contributed by atoms with van der Waals surface area (Å²) in [6, 6.07) is 10.8. The van der Waals surface area contributed by atoms with E-state index >= 15 is 0 Å². The second-order valence-corrected chi connectivity index (χ2v) is 6.46. The Morgan fingerprint density at radius 2 is 1.82 bits per heavy atom. The van der Waals surface area contributed by atoms with Crippen LogP contribution >= 0.6 is 0 Å². The molecule has 0 unspecified atom stereocenters. The third kappa shape index (κ3) is 2.21. The molecule has 4 heteroatoms. The molecule has 0 amide bonds. The summed E-state index contributed by atoms with van der Waals surface area (Å²) in [7, 11) is 0. The van der Waals surface area contributed by atoms with Gasteiger partial charge in [-0.2, -0.15) is 4.74 Å². The van der Waals surface area contributed by atoms with E-state index in [0.717, 1.165) is 5.56 Å². The summed E-state index contributed by atoms with van der Waals surface area (Å²) in [4.78, 5) is 12.6. The molecule has 22 heavy (non-hydrogen) atoms. The Bertz CT molecular complexity index is 816. The fraction of sp³-hybridized carbons (Fsp3) is 0.222. The Labute approximate surface area is 128 Å². The van der Waals surface area contributed by atoms with Gasteiger partial charge >= 0.3 is 0 Å². The number of ketones is 1. The van der Waals surface area contributed by atoms with Gasteiger partial charge in [0.25, 0.3) is 11.5 Å². The maximum absolute atomic E-state index is 13.4. The van der Waals surface area contributed by atoms with Crippen LogP contribution in [0.4, 0.5) is 10.1 Å². The lowest BCUT2D eigenvalue weighted by Gasteiger charge is -2.19. The van der Waals surface area contributed by atoms with Crippen LogP contribution in [0.1, 0.15) is 42.3 Å². The van der Waals surface area contributed by atoms with E-state index in [9.17, 15) is 14.4 Å². The Hall–Kier alpha value is -2.49. The van der Waals surface area contributed by atoms with Crippen molar-refractivity contribution in [2.24, 2.45) is 0 Å². The molecular formula is C18H16FNO2. The van der Waals surface area contributed by atoms with Gasteiger partial charge in [0.05, 0.1) is 5.56 Å². The van der Waals surface area contributed by atoms with Gasteiger partial charge in [0.15, 0.2) is 0 Å². The van der Waals surface area contributed by atoms with Crippen LogP contribution in [0.5, 0.6) is 0 Å². The van der Waals surface area contributed by atoms with Crippen LogP contribution in [0, 0.1) is 11.0 Å². The Balaban J connectivity index is 2.14. The number of rotatable bonds is 1. The number of benzene rings is 2. The molecule has 0 aliphatic carbocycles. The Morgan fingerprint density at radius 3 is 2.45 bits per heavy atom. The topological polar surface area (TPSA) is 43.1 Å². The number of halogens is 1. The van der Waals surface area contributed by atoms with E-state index in [2.05, 4.69) is 0 Å². The number of nitrogens with zero attached hydrogens (tertiary/aromatic N) is 1. The van der Waals surface area contributed by atoms with Gasteiger partial charge in [0.2, 0.25) is 5.69 Å². The van der Waals surface area contributed by atoms with Gasteiger partial charge in [-0.25, -0.2) is 4.39 Å². The average molecular weight is 297 g/mol. The van der Waals surface area contributed by atoms with Gasteiger partial charge in [0, 0.05) is 6.07 Å². The van der Waals surface area contributed by atoms with Crippen LogP contribution in [0.25, 0.3) is 0 Å². The minimum atomic E-state index is -0.475. The maximum Gasteiger partial charge on any atom is 0.273 e. The van der Waals surface area contributed by atoms with Gasteiger partial charge in [0.1, 0.15) is 11.4 Å². The Morgan fingerprint density at radius 1 is 1.09 bits per heavy atom. The monoisotopic (exact) mass is 297 g/mol. The molecule has 1 aliphatic heterocycles. The van der Waals surface area contributed by atoms with Crippen molar-refractivity contribution in [1.29, 1.82) is 0 Å². The summed E-state index contributed by atoms with van der Waals surface area (Å²) < 4.78 is 14.0. The second kappa shape index (κ2) is 4.77. The molecule has 0 radical (unpaired) electrons. The van der Waals surface area contributed by atoms with Crippen molar-refractivity contribution in [2.75, 3.05) is 0 Å². The molecule has 1 aliphatic rings. The molecule has 2 aromatic rings. The first-order valence-corrected chi connectivity index (χ1v) is 7.08. The predicted molar refractivity (Wildman–Crippen MR) is 83.3 cm³/mol. The fourth-order valence-electron chi connectivity index (χ4n) is 2.59. The summed E-state index contributed by atoms with van der Waals surface area (Å²) in [6.07, 6.45) is 0. The van der Waals surface area contributed by atoms with Crippen molar-refractivity contribution in [1.82, 2.24) is 0 Å². The molecule has 0 saturated heterocycles. The molecule has 0 saturated carbocycles. The number of carbonyl (C=O) groups excluding carboxylic acids is 1. The summed E-state index contributed by atoms with van der Waals surface area (Å²) in [5, 5.41) is 12.4. The highest BCUT2D eigenvalue weighted by atomic mass is 19.1. The first-order valence-electron chi connectivity index (χ1n) is 7.08. The molecule has 0 N–H and O–H groups in total. The zero-order valence-electron chi connectivity index (χ0n) is 12.7. The number of fused-ring (bicyclic) bond motifs is 1. The standard InChI is InChI=1S/C18H16FNO2/c1-18(2,3)12-7-8-15-14(10-12)17(21)16(20(15)22)11-5-4-6-13(19)9-11/h4-10H,1-3H3. The van der Waals surface area contributed by atoms with Crippen LogP contribution in [0.3, 0.4) is 0 Å². The molecule has 0 spiro atoms. The summed E-state index contributed by atoms with van der Waals surface area (Å²) in [5.74, 6) is -0.834. The van der Waals surface area contributed by atoms with Crippen LogP contribution in [-0.4, -0.2) is 16.2 Å². The summed E-state index contributed by atoms with van der Waals surface area (Å²) in [5.41, 5.74) is 1.83. The highest BCUT2D eigenvalue weighted by molar-refractivity contribution is 6.52. The molecule has 0 aromatic heterocycles. The lowest BCUT2D eigenvalue weighted by Crippen LogP contribution is -2.17. The zero-order valence-corrected chi connectivity index (χ0v) is 12.7. The van der Waals surface area contributed by atoms with Gasteiger partial charge < -0.3 is 5.21 Å². The van der Waals surface area contributed by atoms with Gasteiger partial charge in [-0.15, -0.1) is 0 Å². The molecule has 112 valence electrons. The lowest BCUT2D eigenvalue weighted by molar-refractivity contribution is -0.355. The molecule has 0 bridgehead atoms. The van der Waals surface area contributed by atoms with Crippen LogP contribution in [-0.2, 0) is 5.41 Å². The highest BCUT2D eigenvalue weighted by Crippen LogP contribution is 2.32. The summed E-state index contributed by atoms with van der Waals surface area (Å²) >= 11 is 0. The molecule has 3 nitrogen and oxygen atoms in total. The quantitative estimate of drug-likeness (QED) is 0.591. The van der Waals surface area contributed by atoms with E-state index in [0.29, 0.717) is 21.6 Å². The van der Waals surface area contributed by atoms with E-state index in [1.807, 2.05) is 26.8 Å². The number of carbonyl (C=O) groups is 1. The SMILES string of the molecule is CC(C)(C)c1ccc2c(c1)C(=O)C(c1cccc(F)c1)=[N+]2[O-]. The third-order valence-corrected chi connectivity index (χ3v) is 3.84. The number of hydrogen-bond donors (Lipinski definition) is 0. The van der Waals surface area contributed by atoms with Crippen molar-refractivity contribution in [3.8, 4) is 0 Å². The molecule has 3 rings (SSSR count). The van der Waals surface area contributed by atoms with E-state index in [1.165, 1.54) is 18.2 Å². The van der Waals surface area contributed by atoms with Gasteiger partial charge in [-0.1, -0.05) is 32.9 Å². The highest BCUT2D eigenvalue weighted by Gasteiger charge is 2.37. The Kier molecular flexibility index (Phi) is 3.13. The largest absolute Gasteiger partial charge is 0.618 e. The van der Waals surface area contributed by atoms with Crippen molar-refractivity contribution in [3.63, 3.8) is 0 Å². The van der Waals surface area contributed by atoms with E-state index in [4.69, 9.17) is 0 Å². The minimum Gasteiger partial charge on any atom is -0.618 e. The molecule has 1 heterocycles. The first-order chi connectivity index (χ1) is 10.3. The maximum atomic E-state index is 13.4. The van der Waals surface area contributed by atoms with Crippen LogP contribution in [0.2, 0.25) is 0 Å². The normalized spacial score (nSPS) is 14.5. The number of Topliss-reactive ketones (excluding diaryl/α,β-unsaturated/α-hetero) is 1. The molecule has 2 aromatic carbocycles. The second-order valence-electron chi connectivity index (χ2n) is 6.46. The molecule has 0 fully saturated rings. The van der Waals surface area contributed by atoms with Crippen molar-refractivity contribution >= 4 is 17.2 Å². The third-order valence-electron chi connectivity index (χ3n) is 3.84. The van der Waals surface area contributed by atoms with Crippen molar-refractivity contribution < 1.29 is 13.9 Å². The fourth-order valence-corrected chi connectivity index (χ4v) is 2.59. The molecular weight excluding hydrogens is 281 g/mol. The number of hydrogen-bond acceptors (Lipinski definition) is 2. The average Bonchev–Trinajstić information content (AvgIpc) is 2.69. The molecule has 0 atom stereocenters. The van der Waals surface area contributed by atoms with E-state index in [1.54, 1.807) is 18.2 Å². The lowest BCUT2D eigenvalue weighted by atomic mass is 9.85. The van der Waals surface area contributed by atoms with Gasteiger partial charge in [-0.3, -0.25) is 4.79 Å². The first kappa shape index (κ1) is 14.4. The van der Waals surface area contributed by atoms with Gasteiger partial charge in [-0.05, 0) is 35.2 Å². The van der Waals surface area contributed by atoms with Crippen LogP contribution < -0.4 is 0 Å². The minimum absolute atomic E-state index is 0.0273.